The first-order valence-corrected chi connectivity index (χ1v) is 6.25. The number of rotatable bonds is 3. The molecule has 0 aliphatic carbocycles. The number of nitro benzene ring substituents is 1. The van der Waals surface area contributed by atoms with Gasteiger partial charge < -0.3 is 10.6 Å². The Balaban J connectivity index is 2.09. The number of nitro groups is 1. The van der Waals surface area contributed by atoms with Gasteiger partial charge in [-0.05, 0) is 31.5 Å². The number of hydrogen-bond acceptors (Lipinski definition) is 4. The molecular weight excluding hydrogens is 246 g/mol. The van der Waals surface area contributed by atoms with E-state index in [2.05, 4.69) is 10.6 Å². The molecule has 1 heterocycles. The lowest BCUT2D eigenvalue weighted by molar-refractivity contribution is -0.385. The van der Waals surface area contributed by atoms with Crippen molar-refractivity contribution in [3.8, 4) is 0 Å². The van der Waals surface area contributed by atoms with Crippen LogP contribution in [0.5, 0.6) is 0 Å². The van der Waals surface area contributed by atoms with Gasteiger partial charge >= 0.3 is 0 Å². The predicted octanol–water partition coefficient (Wildman–Crippen LogP) is 1.70. The van der Waals surface area contributed by atoms with Gasteiger partial charge in [-0.15, -0.1) is 0 Å². The fourth-order valence-electron chi connectivity index (χ4n) is 2.33. The number of anilines is 1. The average Bonchev–Trinajstić information content (AvgIpc) is 2.75. The Bertz CT molecular complexity index is 516. The van der Waals surface area contributed by atoms with E-state index in [9.17, 15) is 14.9 Å². The minimum Gasteiger partial charge on any atom is -0.326 e. The van der Waals surface area contributed by atoms with Crippen molar-refractivity contribution in [1.29, 1.82) is 0 Å². The third-order valence-corrected chi connectivity index (χ3v) is 3.52. The molecule has 6 heteroatoms. The van der Waals surface area contributed by atoms with Crippen molar-refractivity contribution < 1.29 is 9.72 Å². The van der Waals surface area contributed by atoms with Crippen LogP contribution in [0.25, 0.3) is 0 Å². The van der Waals surface area contributed by atoms with E-state index >= 15 is 0 Å². The zero-order valence-electron chi connectivity index (χ0n) is 11.0. The highest BCUT2D eigenvalue weighted by Gasteiger charge is 2.29. The SMILES string of the molecule is Cc1cc(NC(=O)C2CNCC2C)ccc1[N+](=O)[O-]. The van der Waals surface area contributed by atoms with Crippen molar-refractivity contribution >= 4 is 17.3 Å². The van der Waals surface area contributed by atoms with Crippen molar-refractivity contribution in [3.05, 3.63) is 33.9 Å². The van der Waals surface area contributed by atoms with Gasteiger partial charge in [0.25, 0.3) is 5.69 Å². The summed E-state index contributed by atoms with van der Waals surface area (Å²) >= 11 is 0. The van der Waals surface area contributed by atoms with Crippen molar-refractivity contribution in [2.45, 2.75) is 13.8 Å². The van der Waals surface area contributed by atoms with Crippen LogP contribution in [0, 0.1) is 28.9 Å². The number of aryl methyl sites for hydroxylation is 1. The van der Waals surface area contributed by atoms with Crippen LogP contribution < -0.4 is 10.6 Å². The maximum atomic E-state index is 12.1. The molecule has 0 saturated carbocycles. The smallest absolute Gasteiger partial charge is 0.272 e. The van der Waals surface area contributed by atoms with Crippen molar-refractivity contribution in [2.24, 2.45) is 11.8 Å². The Kier molecular flexibility index (Phi) is 3.80. The fourth-order valence-corrected chi connectivity index (χ4v) is 2.33. The molecule has 1 aromatic rings. The number of carbonyl (C=O) groups is 1. The molecule has 0 bridgehead atoms. The van der Waals surface area contributed by atoms with Crippen LogP contribution >= 0.6 is 0 Å². The van der Waals surface area contributed by atoms with Gasteiger partial charge in [0.15, 0.2) is 0 Å². The van der Waals surface area contributed by atoms with Crippen molar-refractivity contribution in [3.63, 3.8) is 0 Å². The topological polar surface area (TPSA) is 84.3 Å². The monoisotopic (exact) mass is 263 g/mol. The number of amides is 1. The Morgan fingerprint density at radius 3 is 2.74 bits per heavy atom. The summed E-state index contributed by atoms with van der Waals surface area (Å²) in [6.45, 7) is 5.22. The first-order valence-electron chi connectivity index (χ1n) is 6.25. The quantitative estimate of drug-likeness (QED) is 0.642. The second-order valence-corrected chi connectivity index (χ2v) is 4.99. The van der Waals surface area contributed by atoms with Gasteiger partial charge in [0.05, 0.1) is 10.8 Å². The van der Waals surface area contributed by atoms with Gasteiger partial charge in [0.1, 0.15) is 0 Å². The Morgan fingerprint density at radius 1 is 1.47 bits per heavy atom. The summed E-state index contributed by atoms with van der Waals surface area (Å²) in [4.78, 5) is 22.4. The van der Waals surface area contributed by atoms with Gasteiger partial charge in [-0.2, -0.15) is 0 Å². The van der Waals surface area contributed by atoms with Crippen LogP contribution in [-0.4, -0.2) is 23.9 Å². The van der Waals surface area contributed by atoms with Crippen molar-refractivity contribution in [1.82, 2.24) is 5.32 Å². The third kappa shape index (κ3) is 2.90. The number of benzene rings is 1. The van der Waals surface area contributed by atoms with Gasteiger partial charge in [0.2, 0.25) is 5.91 Å². The summed E-state index contributed by atoms with van der Waals surface area (Å²) in [6, 6.07) is 4.61. The lowest BCUT2D eigenvalue weighted by atomic mass is 9.97. The maximum absolute atomic E-state index is 12.1. The number of nitrogens with zero attached hydrogens (tertiary/aromatic N) is 1. The minimum absolute atomic E-state index is 0.0363. The molecule has 0 radical (unpaired) electrons. The molecule has 0 spiro atoms. The minimum atomic E-state index is -0.427. The summed E-state index contributed by atoms with van der Waals surface area (Å²) in [5, 5.41) is 16.7. The maximum Gasteiger partial charge on any atom is 0.272 e. The molecule has 1 aliphatic heterocycles. The summed E-state index contributed by atoms with van der Waals surface area (Å²) in [6.07, 6.45) is 0. The molecule has 1 amide bonds. The van der Waals surface area contributed by atoms with E-state index in [0.717, 1.165) is 6.54 Å². The van der Waals surface area contributed by atoms with Gasteiger partial charge in [-0.3, -0.25) is 14.9 Å². The normalized spacial score (nSPS) is 22.2. The Labute approximate surface area is 111 Å². The van der Waals surface area contributed by atoms with E-state index in [1.807, 2.05) is 6.92 Å². The van der Waals surface area contributed by atoms with Crippen LogP contribution in [0.4, 0.5) is 11.4 Å². The first kappa shape index (κ1) is 13.5. The molecule has 19 heavy (non-hydrogen) atoms. The van der Waals surface area contributed by atoms with Crippen LogP contribution in [0.15, 0.2) is 18.2 Å². The second kappa shape index (κ2) is 5.36. The predicted molar refractivity (Wildman–Crippen MR) is 72.0 cm³/mol. The lowest BCUT2D eigenvalue weighted by Crippen LogP contribution is -2.27. The molecule has 2 atom stereocenters. The lowest BCUT2D eigenvalue weighted by Gasteiger charge is -2.14. The molecule has 2 N–H and O–H groups in total. The molecular formula is C13H17N3O3. The largest absolute Gasteiger partial charge is 0.326 e. The van der Waals surface area contributed by atoms with Gasteiger partial charge in [-0.25, -0.2) is 0 Å². The van der Waals surface area contributed by atoms with Crippen LogP contribution in [0.2, 0.25) is 0 Å². The highest BCUT2D eigenvalue weighted by Crippen LogP contribution is 2.23. The number of carbonyl (C=O) groups excluding carboxylic acids is 1. The number of nitrogens with one attached hydrogen (secondary N) is 2. The van der Waals surface area contributed by atoms with Gasteiger partial charge in [-0.1, -0.05) is 6.92 Å². The molecule has 0 aromatic heterocycles. The second-order valence-electron chi connectivity index (χ2n) is 4.99. The Hall–Kier alpha value is -1.95. The first-order chi connectivity index (χ1) is 8.99. The number of hydrogen-bond donors (Lipinski definition) is 2. The summed E-state index contributed by atoms with van der Waals surface area (Å²) in [7, 11) is 0. The highest BCUT2D eigenvalue weighted by molar-refractivity contribution is 5.93. The zero-order valence-corrected chi connectivity index (χ0v) is 11.0. The standard InChI is InChI=1S/C13H17N3O3/c1-8-5-10(3-4-12(8)16(18)19)15-13(17)11-7-14-6-9(11)2/h3-5,9,11,14H,6-7H2,1-2H3,(H,15,17). The molecule has 2 unspecified atom stereocenters. The molecule has 1 aromatic carbocycles. The van der Waals surface area contributed by atoms with Gasteiger partial charge in [0, 0.05) is 23.9 Å². The molecule has 102 valence electrons. The van der Waals surface area contributed by atoms with Crippen LogP contribution in [0.3, 0.4) is 0 Å². The summed E-state index contributed by atoms with van der Waals surface area (Å²) in [5.41, 5.74) is 1.21. The van der Waals surface area contributed by atoms with E-state index in [1.54, 1.807) is 19.1 Å². The third-order valence-electron chi connectivity index (χ3n) is 3.52. The van der Waals surface area contributed by atoms with Crippen LogP contribution in [0.1, 0.15) is 12.5 Å². The summed E-state index contributed by atoms with van der Waals surface area (Å²) < 4.78 is 0. The molecule has 1 fully saturated rings. The average molecular weight is 263 g/mol. The van der Waals surface area contributed by atoms with Crippen molar-refractivity contribution in [2.75, 3.05) is 18.4 Å². The van der Waals surface area contributed by atoms with E-state index in [1.165, 1.54) is 6.07 Å². The van der Waals surface area contributed by atoms with E-state index in [4.69, 9.17) is 0 Å². The molecule has 1 saturated heterocycles. The molecule has 6 nitrogen and oxygen atoms in total. The van der Waals surface area contributed by atoms with E-state index in [0.29, 0.717) is 23.7 Å². The zero-order chi connectivity index (χ0) is 14.0. The van der Waals surface area contributed by atoms with E-state index in [-0.39, 0.29) is 17.5 Å². The summed E-state index contributed by atoms with van der Waals surface area (Å²) in [5.74, 6) is 0.223. The molecule has 2 rings (SSSR count). The highest BCUT2D eigenvalue weighted by atomic mass is 16.6. The molecule has 1 aliphatic rings. The fraction of sp³-hybridized carbons (Fsp3) is 0.462. The Morgan fingerprint density at radius 2 is 2.21 bits per heavy atom. The van der Waals surface area contributed by atoms with E-state index < -0.39 is 4.92 Å². The van der Waals surface area contributed by atoms with Crippen LogP contribution in [-0.2, 0) is 4.79 Å².